The number of nitrogens with zero attached hydrogens (tertiary/aromatic N) is 8. The second-order valence-corrected chi connectivity index (χ2v) is 9.18. The molecule has 6 rings (SSSR count). The zero-order valence-electron chi connectivity index (χ0n) is 20.7. The molecule has 0 bridgehead atoms. The van der Waals surface area contributed by atoms with Crippen molar-refractivity contribution in [3.63, 3.8) is 0 Å². The Hall–Kier alpha value is -4.25. The Morgan fingerprint density at radius 3 is 2.18 bits per heavy atom. The fourth-order valence-corrected chi connectivity index (χ4v) is 4.49. The van der Waals surface area contributed by atoms with Crippen LogP contribution in [0.3, 0.4) is 0 Å². The molecule has 190 valence electrons. The van der Waals surface area contributed by atoms with Gasteiger partial charge in [-0.05, 0) is 29.9 Å². The van der Waals surface area contributed by atoms with Gasteiger partial charge in [0, 0.05) is 18.7 Å². The predicted molar refractivity (Wildman–Crippen MR) is 149 cm³/mol. The fraction of sp³-hybridized carbons (Fsp3) is 0.179. The Morgan fingerprint density at radius 2 is 1.47 bits per heavy atom. The lowest BCUT2D eigenvalue weighted by Crippen LogP contribution is -2.37. The van der Waals surface area contributed by atoms with Crippen molar-refractivity contribution in [2.45, 2.75) is 6.67 Å². The van der Waals surface area contributed by atoms with Crippen LogP contribution in [-0.4, -0.2) is 66.6 Å². The Balaban J connectivity index is 1.48. The van der Waals surface area contributed by atoms with Crippen molar-refractivity contribution in [1.82, 2.24) is 34.1 Å². The molecule has 1 fully saturated rings. The molecule has 10 heteroatoms. The number of hydrogen-bond donors (Lipinski definition) is 0. The zero-order valence-corrected chi connectivity index (χ0v) is 21.5. The Bertz CT molecular complexity index is 1530. The number of morpholine rings is 1. The maximum atomic E-state index is 5.85. The van der Waals surface area contributed by atoms with Gasteiger partial charge in [0.2, 0.25) is 16.4 Å². The topological polar surface area (TPSA) is 78.3 Å². The molecule has 3 aromatic carbocycles. The highest BCUT2D eigenvalue weighted by atomic mass is 32.1. The van der Waals surface area contributed by atoms with E-state index in [-0.39, 0.29) is 0 Å². The minimum absolute atomic E-state index is 0.435. The van der Waals surface area contributed by atoms with Crippen molar-refractivity contribution in [3.05, 3.63) is 101 Å². The molecule has 0 radical (unpaired) electrons. The van der Waals surface area contributed by atoms with E-state index in [0.29, 0.717) is 42.1 Å². The highest BCUT2D eigenvalue weighted by Crippen LogP contribution is 2.25. The van der Waals surface area contributed by atoms with E-state index in [1.165, 1.54) is 0 Å². The van der Waals surface area contributed by atoms with Gasteiger partial charge in [0.25, 0.3) is 0 Å². The lowest BCUT2D eigenvalue weighted by Gasteiger charge is -2.25. The third kappa shape index (κ3) is 5.10. The second kappa shape index (κ2) is 11.0. The van der Waals surface area contributed by atoms with E-state index in [1.54, 1.807) is 15.6 Å². The van der Waals surface area contributed by atoms with Crippen molar-refractivity contribution in [3.8, 4) is 28.7 Å². The van der Waals surface area contributed by atoms with Crippen LogP contribution in [0.5, 0.6) is 0 Å². The van der Waals surface area contributed by atoms with Crippen molar-refractivity contribution in [2.24, 2.45) is 5.10 Å². The average Bonchev–Trinajstić information content (AvgIpc) is 3.56. The van der Waals surface area contributed by atoms with E-state index in [9.17, 15) is 0 Å². The first-order valence-electron chi connectivity index (χ1n) is 12.4. The van der Waals surface area contributed by atoms with E-state index in [2.05, 4.69) is 4.90 Å². The van der Waals surface area contributed by atoms with E-state index >= 15 is 0 Å². The molecular formula is C28H26N8OS. The zero-order chi connectivity index (χ0) is 25.7. The summed E-state index contributed by atoms with van der Waals surface area (Å²) in [5.41, 5.74) is 2.80. The van der Waals surface area contributed by atoms with Crippen LogP contribution in [-0.2, 0) is 11.4 Å². The van der Waals surface area contributed by atoms with Crippen molar-refractivity contribution < 1.29 is 4.74 Å². The first-order chi connectivity index (χ1) is 18.8. The molecule has 0 amide bonds. The number of ether oxygens (including phenoxy) is 1. The Morgan fingerprint density at radius 1 is 0.816 bits per heavy atom. The van der Waals surface area contributed by atoms with Crippen LogP contribution in [0.2, 0.25) is 0 Å². The van der Waals surface area contributed by atoms with Crippen molar-refractivity contribution in [2.75, 3.05) is 26.3 Å². The van der Waals surface area contributed by atoms with E-state index < -0.39 is 0 Å². The molecule has 0 N–H and O–H groups in total. The van der Waals surface area contributed by atoms with Crippen LogP contribution < -0.4 is 0 Å². The number of hydrogen-bond acceptors (Lipinski definition) is 7. The summed E-state index contributed by atoms with van der Waals surface area (Å²) in [6.45, 7) is 3.55. The normalized spacial score (nSPS) is 14.3. The molecule has 0 unspecified atom stereocenters. The molecule has 1 aliphatic heterocycles. The van der Waals surface area contributed by atoms with Crippen LogP contribution in [0.25, 0.3) is 28.7 Å². The molecule has 0 saturated carbocycles. The van der Waals surface area contributed by atoms with Gasteiger partial charge in [-0.1, -0.05) is 78.9 Å². The highest BCUT2D eigenvalue weighted by molar-refractivity contribution is 7.71. The van der Waals surface area contributed by atoms with Gasteiger partial charge in [-0.25, -0.2) is 14.3 Å². The number of rotatable bonds is 7. The van der Waals surface area contributed by atoms with Gasteiger partial charge < -0.3 is 4.74 Å². The van der Waals surface area contributed by atoms with E-state index in [1.807, 2.05) is 95.7 Å². The van der Waals surface area contributed by atoms with E-state index in [0.717, 1.165) is 29.9 Å². The van der Waals surface area contributed by atoms with Gasteiger partial charge in [-0.15, -0.1) is 10.2 Å². The number of benzene rings is 3. The summed E-state index contributed by atoms with van der Waals surface area (Å²) < 4.78 is 11.2. The average molecular weight is 523 g/mol. The summed E-state index contributed by atoms with van der Waals surface area (Å²) in [6, 6.07) is 29.8. The summed E-state index contributed by atoms with van der Waals surface area (Å²) in [5.74, 6) is 1.62. The molecule has 9 nitrogen and oxygen atoms in total. The molecule has 0 spiro atoms. The molecule has 5 aromatic rings. The van der Waals surface area contributed by atoms with Gasteiger partial charge in [0.05, 0.1) is 31.8 Å². The van der Waals surface area contributed by atoms with Crippen LogP contribution >= 0.6 is 12.2 Å². The smallest absolute Gasteiger partial charge is 0.223 e. The van der Waals surface area contributed by atoms with Crippen LogP contribution in [0.1, 0.15) is 5.56 Å². The summed E-state index contributed by atoms with van der Waals surface area (Å²) in [7, 11) is 0. The summed E-state index contributed by atoms with van der Waals surface area (Å²) >= 11 is 5.85. The molecule has 0 aliphatic carbocycles. The number of para-hydroxylation sites is 1. The third-order valence-corrected chi connectivity index (χ3v) is 6.60. The lowest BCUT2D eigenvalue weighted by molar-refractivity contribution is 0.0210. The van der Waals surface area contributed by atoms with Gasteiger partial charge >= 0.3 is 0 Å². The maximum absolute atomic E-state index is 5.85. The predicted octanol–water partition coefficient (Wildman–Crippen LogP) is 4.50. The monoisotopic (exact) mass is 522 g/mol. The standard InChI is InChI=1S/C28H26N8OS/c38-28-34(21-33-16-18-37-19-17-33)32-27(36(28)29-20-22-10-4-1-5-11-22)25-30-26(23-12-6-2-7-13-23)35(31-25)24-14-8-3-9-15-24/h1-15,20H,16-19,21H2/b29-20-. The van der Waals surface area contributed by atoms with Crippen LogP contribution in [0.4, 0.5) is 0 Å². The van der Waals surface area contributed by atoms with Gasteiger partial charge in [0.15, 0.2) is 5.82 Å². The van der Waals surface area contributed by atoms with Crippen LogP contribution in [0.15, 0.2) is 96.1 Å². The first kappa shape index (κ1) is 24.1. The lowest BCUT2D eigenvalue weighted by atomic mass is 10.2. The minimum atomic E-state index is 0.435. The van der Waals surface area contributed by atoms with Gasteiger partial charge in [-0.2, -0.15) is 9.78 Å². The number of aromatic nitrogens is 6. The largest absolute Gasteiger partial charge is 0.379 e. The summed E-state index contributed by atoms with van der Waals surface area (Å²) in [4.78, 5) is 7.20. The Kier molecular flexibility index (Phi) is 6.99. The summed E-state index contributed by atoms with van der Waals surface area (Å²) in [6.07, 6.45) is 1.77. The molecular weight excluding hydrogens is 496 g/mol. The quantitative estimate of drug-likeness (QED) is 0.231. The highest BCUT2D eigenvalue weighted by Gasteiger charge is 2.22. The van der Waals surface area contributed by atoms with Crippen molar-refractivity contribution >= 4 is 18.4 Å². The van der Waals surface area contributed by atoms with Gasteiger partial charge in [-0.3, -0.25) is 4.90 Å². The van der Waals surface area contributed by atoms with Crippen LogP contribution in [0, 0.1) is 4.77 Å². The first-order valence-corrected chi connectivity index (χ1v) is 12.8. The van der Waals surface area contributed by atoms with Gasteiger partial charge in [0.1, 0.15) is 0 Å². The molecule has 38 heavy (non-hydrogen) atoms. The molecule has 1 aliphatic rings. The molecule has 2 aromatic heterocycles. The Labute approximate surface area is 225 Å². The maximum Gasteiger partial charge on any atom is 0.223 e. The molecule has 0 atom stereocenters. The summed E-state index contributed by atoms with van der Waals surface area (Å²) in [5, 5.41) is 14.5. The molecule has 1 saturated heterocycles. The minimum Gasteiger partial charge on any atom is -0.379 e. The SMILES string of the molecule is S=c1n(CN2CCOCC2)nc(-c2nc(-c3ccccc3)n(-c3ccccc3)n2)n1/N=C\c1ccccc1. The van der Waals surface area contributed by atoms with E-state index in [4.69, 9.17) is 37.2 Å². The van der Waals surface area contributed by atoms with Crippen molar-refractivity contribution in [1.29, 1.82) is 0 Å². The fourth-order valence-electron chi connectivity index (χ4n) is 4.26. The third-order valence-electron chi connectivity index (χ3n) is 6.22. The molecule has 3 heterocycles. The second-order valence-electron chi connectivity index (χ2n) is 8.82.